The molecule has 0 unspecified atom stereocenters. The average molecular weight is 323 g/mol. The number of nitrogens with one attached hydrogen (secondary N) is 2. The fraction of sp³-hybridized carbons (Fsp3) is 0.111. The summed E-state index contributed by atoms with van der Waals surface area (Å²) in [6.07, 6.45) is 1.73. The number of rotatable bonds is 4. The Bertz CT molecular complexity index is 911. The highest BCUT2D eigenvalue weighted by molar-refractivity contribution is 7.80. The molecule has 0 saturated heterocycles. The Balaban J connectivity index is 1.89. The van der Waals surface area contributed by atoms with Gasteiger partial charge in [0.2, 0.25) is 0 Å². The van der Waals surface area contributed by atoms with E-state index >= 15 is 0 Å². The van der Waals surface area contributed by atoms with E-state index in [9.17, 15) is 0 Å². The van der Waals surface area contributed by atoms with E-state index in [0.717, 1.165) is 22.4 Å². The third-order valence-electron chi connectivity index (χ3n) is 3.51. The lowest BCUT2D eigenvalue weighted by atomic mass is 10.1. The highest BCUT2D eigenvalue weighted by Gasteiger charge is 2.09. The molecule has 23 heavy (non-hydrogen) atoms. The summed E-state index contributed by atoms with van der Waals surface area (Å²) in [5.74, 6) is 0.718. The molecule has 0 saturated carbocycles. The number of fused-ring (bicyclic) bond motifs is 3. The maximum atomic E-state index is 5.90. The van der Waals surface area contributed by atoms with Crippen LogP contribution in [0.5, 0.6) is 0 Å². The Kier molecular flexibility index (Phi) is 4.39. The van der Waals surface area contributed by atoms with Crippen LogP contribution in [0.1, 0.15) is 12.7 Å². The van der Waals surface area contributed by atoms with Crippen LogP contribution in [0.3, 0.4) is 0 Å². The van der Waals surface area contributed by atoms with Crippen molar-refractivity contribution in [2.45, 2.75) is 6.92 Å². The molecule has 0 spiro atoms. The van der Waals surface area contributed by atoms with E-state index in [2.05, 4.69) is 40.6 Å². The molecule has 0 aliphatic heterocycles. The largest absolute Gasteiger partial charge is 0.455 e. The van der Waals surface area contributed by atoms with Crippen LogP contribution in [-0.2, 0) is 0 Å². The number of hydrogen-bond donors (Lipinski definition) is 2. The monoisotopic (exact) mass is 323 g/mol. The minimum atomic E-state index is 0.450. The molecule has 2 N–H and O–H groups in total. The molecule has 2 aromatic carbocycles. The SMILES string of the molecule is C=CCNC(=S)N/N=C(/C)c1cc2c(ccc3ccccc32)o1. The van der Waals surface area contributed by atoms with E-state index < -0.39 is 0 Å². The van der Waals surface area contributed by atoms with Crippen molar-refractivity contribution in [3.05, 3.63) is 60.9 Å². The lowest BCUT2D eigenvalue weighted by Gasteiger charge is -2.04. The summed E-state index contributed by atoms with van der Waals surface area (Å²) in [5, 5.41) is 11.1. The summed E-state index contributed by atoms with van der Waals surface area (Å²) >= 11 is 5.11. The first-order valence-electron chi connectivity index (χ1n) is 7.30. The molecule has 1 aromatic heterocycles. The fourth-order valence-electron chi connectivity index (χ4n) is 2.36. The van der Waals surface area contributed by atoms with Crippen LogP contribution in [0.15, 0.2) is 64.6 Å². The molecule has 0 amide bonds. The summed E-state index contributed by atoms with van der Waals surface area (Å²) in [6.45, 7) is 6.10. The van der Waals surface area contributed by atoms with E-state index in [1.54, 1.807) is 6.08 Å². The van der Waals surface area contributed by atoms with E-state index in [1.165, 1.54) is 10.8 Å². The third kappa shape index (κ3) is 3.24. The predicted molar refractivity (Wildman–Crippen MR) is 99.9 cm³/mol. The summed E-state index contributed by atoms with van der Waals surface area (Å²) in [4.78, 5) is 0. The number of furan rings is 1. The van der Waals surface area contributed by atoms with Gasteiger partial charge in [0.05, 0.1) is 0 Å². The van der Waals surface area contributed by atoms with Crippen molar-refractivity contribution < 1.29 is 4.42 Å². The Morgan fingerprint density at radius 1 is 1.26 bits per heavy atom. The zero-order valence-electron chi connectivity index (χ0n) is 12.8. The van der Waals surface area contributed by atoms with Crippen molar-refractivity contribution in [2.75, 3.05) is 6.54 Å². The standard InChI is InChI=1S/C18H17N3OS/c1-3-10-19-18(23)21-20-12(2)17-11-15-14-7-5-4-6-13(14)8-9-16(15)22-17/h3-9,11H,1,10H2,2H3,(H2,19,21,23)/b20-12-. The lowest BCUT2D eigenvalue weighted by molar-refractivity contribution is 0.603. The van der Waals surface area contributed by atoms with E-state index in [-0.39, 0.29) is 0 Å². The Hall–Kier alpha value is -2.66. The second kappa shape index (κ2) is 6.62. The Labute approximate surface area is 139 Å². The second-order valence-electron chi connectivity index (χ2n) is 5.12. The van der Waals surface area contributed by atoms with Crippen LogP contribution in [0.4, 0.5) is 0 Å². The van der Waals surface area contributed by atoms with Gasteiger partial charge in [-0.1, -0.05) is 36.4 Å². The number of thiocarbonyl (C=S) groups is 1. The number of hydrazone groups is 1. The maximum Gasteiger partial charge on any atom is 0.187 e. The summed E-state index contributed by atoms with van der Waals surface area (Å²) in [7, 11) is 0. The van der Waals surface area contributed by atoms with Gasteiger partial charge in [-0.05, 0) is 42.0 Å². The molecule has 0 aliphatic carbocycles. The zero-order valence-corrected chi connectivity index (χ0v) is 13.6. The van der Waals surface area contributed by atoms with E-state index in [0.29, 0.717) is 11.7 Å². The lowest BCUT2D eigenvalue weighted by Crippen LogP contribution is -2.32. The molecular weight excluding hydrogens is 306 g/mol. The first-order valence-corrected chi connectivity index (χ1v) is 7.70. The molecule has 116 valence electrons. The van der Waals surface area contributed by atoms with Gasteiger partial charge in [-0.25, -0.2) is 0 Å². The first kappa shape index (κ1) is 15.2. The average Bonchev–Trinajstić information content (AvgIpc) is 3.02. The number of hydrogen-bond acceptors (Lipinski definition) is 3. The molecule has 5 heteroatoms. The van der Waals surface area contributed by atoms with Gasteiger partial charge >= 0.3 is 0 Å². The molecule has 0 atom stereocenters. The second-order valence-corrected chi connectivity index (χ2v) is 5.53. The topological polar surface area (TPSA) is 49.6 Å². The van der Waals surface area contributed by atoms with Crippen molar-refractivity contribution in [3.8, 4) is 0 Å². The quantitative estimate of drug-likeness (QED) is 0.330. The van der Waals surface area contributed by atoms with Gasteiger partial charge in [0.25, 0.3) is 0 Å². The van der Waals surface area contributed by atoms with Crippen molar-refractivity contribution in [2.24, 2.45) is 5.10 Å². The molecule has 0 bridgehead atoms. The van der Waals surface area contributed by atoms with Gasteiger partial charge < -0.3 is 9.73 Å². The van der Waals surface area contributed by atoms with Crippen LogP contribution < -0.4 is 10.7 Å². The summed E-state index contributed by atoms with van der Waals surface area (Å²) in [6, 6.07) is 14.3. The van der Waals surface area contributed by atoms with Crippen molar-refractivity contribution >= 4 is 44.8 Å². The molecule has 3 rings (SSSR count). The Morgan fingerprint density at radius 2 is 2.09 bits per heavy atom. The van der Waals surface area contributed by atoms with Crippen molar-refractivity contribution in [1.82, 2.24) is 10.7 Å². The van der Waals surface area contributed by atoms with Gasteiger partial charge in [0.1, 0.15) is 11.3 Å². The van der Waals surface area contributed by atoms with Gasteiger partial charge in [-0.15, -0.1) is 6.58 Å². The van der Waals surface area contributed by atoms with Gasteiger partial charge in [0, 0.05) is 11.9 Å². The molecule has 0 fully saturated rings. The summed E-state index contributed by atoms with van der Waals surface area (Å²) in [5.41, 5.74) is 4.38. The van der Waals surface area contributed by atoms with E-state index in [1.807, 2.05) is 31.2 Å². The predicted octanol–water partition coefficient (Wildman–Crippen LogP) is 3.96. The Morgan fingerprint density at radius 3 is 2.91 bits per heavy atom. The van der Waals surface area contributed by atoms with Crippen LogP contribution in [0.2, 0.25) is 0 Å². The molecular formula is C18H17N3OS. The molecule has 0 radical (unpaired) electrons. The maximum absolute atomic E-state index is 5.90. The smallest absolute Gasteiger partial charge is 0.187 e. The van der Waals surface area contributed by atoms with Crippen LogP contribution in [0, 0.1) is 0 Å². The van der Waals surface area contributed by atoms with Gasteiger partial charge in [-0.3, -0.25) is 5.43 Å². The van der Waals surface area contributed by atoms with Crippen molar-refractivity contribution in [1.29, 1.82) is 0 Å². The van der Waals surface area contributed by atoms with Gasteiger partial charge in [0.15, 0.2) is 10.9 Å². The normalized spacial score (nSPS) is 11.6. The highest BCUT2D eigenvalue weighted by Crippen LogP contribution is 2.28. The van der Waals surface area contributed by atoms with Gasteiger partial charge in [-0.2, -0.15) is 5.10 Å². The first-order chi connectivity index (χ1) is 11.2. The van der Waals surface area contributed by atoms with Crippen LogP contribution in [-0.4, -0.2) is 17.4 Å². The van der Waals surface area contributed by atoms with E-state index in [4.69, 9.17) is 16.6 Å². The third-order valence-corrected chi connectivity index (χ3v) is 3.75. The summed E-state index contributed by atoms with van der Waals surface area (Å²) < 4.78 is 5.90. The van der Waals surface area contributed by atoms with Crippen LogP contribution in [0.25, 0.3) is 21.7 Å². The molecule has 3 aromatic rings. The highest BCUT2D eigenvalue weighted by atomic mass is 32.1. The minimum absolute atomic E-state index is 0.450. The number of nitrogens with zero attached hydrogens (tertiary/aromatic N) is 1. The zero-order chi connectivity index (χ0) is 16.2. The fourth-order valence-corrected chi connectivity index (χ4v) is 2.49. The molecule has 4 nitrogen and oxygen atoms in total. The molecule has 1 heterocycles. The minimum Gasteiger partial charge on any atom is -0.455 e. The van der Waals surface area contributed by atoms with Crippen LogP contribution >= 0.6 is 12.2 Å². The number of benzene rings is 2. The van der Waals surface area contributed by atoms with Crippen molar-refractivity contribution in [3.63, 3.8) is 0 Å². The molecule has 0 aliphatic rings.